The number of carbonyl (C=O) groups is 2. The van der Waals surface area contributed by atoms with Crippen molar-refractivity contribution >= 4 is 12.3 Å². The molecule has 10 heteroatoms. The molecule has 5 N–H and O–H groups in total. The van der Waals surface area contributed by atoms with Crippen molar-refractivity contribution in [2.45, 2.75) is 127 Å². The van der Waals surface area contributed by atoms with E-state index >= 15 is 0 Å². The maximum absolute atomic E-state index is 12.6. The molecule has 0 bridgehead atoms. The molecule has 1 heterocycles. The third-order valence-electron chi connectivity index (χ3n) is 12.0. The summed E-state index contributed by atoms with van der Waals surface area (Å²) in [4.78, 5) is 24.1. The third kappa shape index (κ3) is 4.91. The van der Waals surface area contributed by atoms with Gasteiger partial charge < -0.3 is 39.7 Å². The Morgan fingerprint density at radius 2 is 1.79 bits per heavy atom. The molecule has 1 unspecified atom stereocenters. The normalized spacial score (nSPS) is 48.7. The van der Waals surface area contributed by atoms with Gasteiger partial charge in [0.1, 0.15) is 23.9 Å². The lowest BCUT2D eigenvalue weighted by molar-refractivity contribution is -0.301. The SMILES string of the molecule is COC(=O)/C=C/C(O)(C=O)[C@H]1CCC[C@]2(O)[C@@H]3CCC4=C[C@@H](O[C@@H]5O[C@@H](C)[C@H](O)[C@@H](O)[C@H]5O)CC[C@]4(C)[C@H]3CC[C@]12C. The van der Waals surface area contributed by atoms with Crippen LogP contribution < -0.4 is 0 Å². The average molecular weight is 593 g/mol. The highest BCUT2D eigenvalue weighted by molar-refractivity contribution is 5.83. The molecule has 0 aromatic rings. The number of ether oxygens (including phenoxy) is 3. The number of aldehydes is 1. The molecule has 42 heavy (non-hydrogen) atoms. The number of methoxy groups -OCH3 is 1. The van der Waals surface area contributed by atoms with E-state index in [1.807, 2.05) is 6.92 Å². The first kappa shape index (κ1) is 31.8. The van der Waals surface area contributed by atoms with Gasteiger partial charge in [-0.05, 0) is 81.6 Å². The molecular weight excluding hydrogens is 544 g/mol. The fraction of sp³-hybridized carbons (Fsp3) is 0.812. The summed E-state index contributed by atoms with van der Waals surface area (Å²) in [6.45, 7) is 5.91. The third-order valence-corrected chi connectivity index (χ3v) is 12.0. The van der Waals surface area contributed by atoms with Crippen LogP contribution in [0.25, 0.3) is 0 Å². The van der Waals surface area contributed by atoms with Gasteiger partial charge in [0.15, 0.2) is 12.6 Å². The number of allylic oxidation sites excluding steroid dienone is 1. The monoisotopic (exact) mass is 592 g/mol. The van der Waals surface area contributed by atoms with Gasteiger partial charge >= 0.3 is 5.97 Å². The van der Waals surface area contributed by atoms with Gasteiger partial charge in [-0.3, -0.25) is 4.79 Å². The van der Waals surface area contributed by atoms with E-state index in [1.54, 1.807) is 6.92 Å². The fourth-order valence-electron chi connectivity index (χ4n) is 9.53. The van der Waals surface area contributed by atoms with Gasteiger partial charge in [-0.2, -0.15) is 0 Å². The summed E-state index contributed by atoms with van der Waals surface area (Å²) in [5.74, 6) is -1.00. The van der Waals surface area contributed by atoms with Crippen molar-refractivity contribution in [2.75, 3.05) is 7.11 Å². The first-order valence-electron chi connectivity index (χ1n) is 15.5. The quantitative estimate of drug-likeness (QED) is 0.133. The van der Waals surface area contributed by atoms with Crippen molar-refractivity contribution in [2.24, 2.45) is 28.6 Å². The van der Waals surface area contributed by atoms with Gasteiger partial charge in [0.05, 0.1) is 24.9 Å². The van der Waals surface area contributed by atoms with Crippen LogP contribution in [0.4, 0.5) is 0 Å². The van der Waals surface area contributed by atoms with Crippen LogP contribution in [-0.2, 0) is 23.8 Å². The molecule has 1 saturated heterocycles. The van der Waals surface area contributed by atoms with E-state index in [0.717, 1.165) is 31.8 Å². The number of hydrogen-bond acceptors (Lipinski definition) is 10. The zero-order valence-electron chi connectivity index (χ0n) is 25.1. The second-order valence-corrected chi connectivity index (χ2v) is 13.9. The standard InChI is InChI=1S/C32H48O10/c1-18-25(35)26(36)27(37)28(41-18)42-20-9-13-29(2)19(16-20)7-8-22-21(29)10-14-30(3)23(6-5-12-32(22,30)39)31(38,17-33)15-11-24(34)40-4/h11,15-18,20-23,25-28,35-39H,5-10,12-14H2,1-4H3/b15-11+/t18-,20-,21-,22+,23-,25-,26+,27+,28-,29-,30+,31?,32-/m0/s1. The Kier molecular flexibility index (Phi) is 8.59. The number of carbonyl (C=O) groups excluding carboxylic acids is 2. The summed E-state index contributed by atoms with van der Waals surface area (Å²) >= 11 is 0. The molecule has 236 valence electrons. The maximum atomic E-state index is 12.6. The van der Waals surface area contributed by atoms with Gasteiger partial charge in [-0.1, -0.05) is 31.9 Å². The van der Waals surface area contributed by atoms with Gasteiger partial charge in [0, 0.05) is 17.4 Å². The summed E-state index contributed by atoms with van der Waals surface area (Å²) < 4.78 is 16.5. The lowest BCUT2D eigenvalue weighted by Crippen LogP contribution is -2.68. The minimum Gasteiger partial charge on any atom is -0.466 e. The predicted molar refractivity (Wildman–Crippen MR) is 151 cm³/mol. The van der Waals surface area contributed by atoms with Crippen molar-refractivity contribution in [3.05, 3.63) is 23.8 Å². The van der Waals surface area contributed by atoms with Gasteiger partial charge in [0.2, 0.25) is 0 Å². The highest BCUT2D eigenvalue weighted by Crippen LogP contribution is 2.68. The molecule has 4 fully saturated rings. The van der Waals surface area contributed by atoms with E-state index in [1.165, 1.54) is 18.8 Å². The van der Waals surface area contributed by atoms with Crippen molar-refractivity contribution in [3.63, 3.8) is 0 Å². The highest BCUT2D eigenvalue weighted by atomic mass is 16.7. The van der Waals surface area contributed by atoms with E-state index in [-0.39, 0.29) is 23.4 Å². The molecule has 10 nitrogen and oxygen atoms in total. The minimum absolute atomic E-state index is 0.0138. The summed E-state index contributed by atoms with van der Waals surface area (Å²) in [5, 5.41) is 54.8. The highest BCUT2D eigenvalue weighted by Gasteiger charge is 2.67. The summed E-state index contributed by atoms with van der Waals surface area (Å²) in [7, 11) is 1.24. The van der Waals surface area contributed by atoms with E-state index < -0.39 is 59.2 Å². The second kappa shape index (κ2) is 11.4. The van der Waals surface area contributed by atoms with Crippen LogP contribution in [0, 0.1) is 28.6 Å². The van der Waals surface area contributed by atoms with Crippen LogP contribution in [0.1, 0.15) is 78.6 Å². The molecule has 3 saturated carbocycles. The number of hydrogen-bond donors (Lipinski definition) is 5. The maximum Gasteiger partial charge on any atom is 0.330 e. The lowest BCUT2D eigenvalue weighted by atomic mass is 9.40. The average Bonchev–Trinajstić information content (AvgIpc) is 2.97. The number of aliphatic hydroxyl groups is 5. The minimum atomic E-state index is -1.89. The van der Waals surface area contributed by atoms with Crippen molar-refractivity contribution in [1.82, 2.24) is 0 Å². The molecule has 13 atom stereocenters. The Balaban J connectivity index is 1.37. The lowest BCUT2D eigenvalue weighted by Gasteiger charge is -2.67. The van der Waals surface area contributed by atoms with E-state index in [9.17, 15) is 35.1 Å². The largest absolute Gasteiger partial charge is 0.466 e. The molecule has 0 amide bonds. The molecule has 5 aliphatic rings. The van der Waals surface area contributed by atoms with E-state index in [0.29, 0.717) is 38.4 Å². The number of rotatable bonds is 6. The molecular formula is C32H48O10. The Hall–Kier alpha value is -1.66. The van der Waals surface area contributed by atoms with Crippen LogP contribution >= 0.6 is 0 Å². The van der Waals surface area contributed by atoms with E-state index in [4.69, 9.17) is 9.47 Å². The molecule has 5 rings (SSSR count). The molecule has 0 aromatic heterocycles. The zero-order valence-corrected chi connectivity index (χ0v) is 25.1. The molecule has 0 radical (unpaired) electrons. The summed E-state index contributed by atoms with van der Waals surface area (Å²) in [6.07, 6.45) is 5.40. The van der Waals surface area contributed by atoms with Gasteiger partial charge in [-0.25, -0.2) is 4.79 Å². The Morgan fingerprint density at radius 1 is 1.05 bits per heavy atom. The van der Waals surface area contributed by atoms with Crippen LogP contribution in [0.5, 0.6) is 0 Å². The number of aliphatic hydroxyl groups excluding tert-OH is 3. The number of esters is 1. The summed E-state index contributed by atoms with van der Waals surface area (Å²) in [5.41, 5.74) is -2.59. The first-order valence-corrected chi connectivity index (χ1v) is 15.5. The molecule has 4 aliphatic carbocycles. The van der Waals surface area contributed by atoms with Gasteiger partial charge in [-0.15, -0.1) is 0 Å². The molecule has 0 aromatic carbocycles. The van der Waals surface area contributed by atoms with Crippen molar-refractivity contribution in [1.29, 1.82) is 0 Å². The van der Waals surface area contributed by atoms with Gasteiger partial charge in [0.25, 0.3) is 0 Å². The molecule has 0 spiro atoms. The Labute approximate surface area is 247 Å². The van der Waals surface area contributed by atoms with Crippen LogP contribution in [0.2, 0.25) is 0 Å². The van der Waals surface area contributed by atoms with E-state index in [2.05, 4.69) is 17.7 Å². The smallest absolute Gasteiger partial charge is 0.330 e. The van der Waals surface area contributed by atoms with Crippen LogP contribution in [0.3, 0.4) is 0 Å². The second-order valence-electron chi connectivity index (χ2n) is 13.9. The Morgan fingerprint density at radius 3 is 2.48 bits per heavy atom. The first-order chi connectivity index (χ1) is 19.7. The van der Waals surface area contributed by atoms with Crippen molar-refractivity contribution < 1.29 is 49.3 Å². The Bertz CT molecular complexity index is 1110. The topological polar surface area (TPSA) is 163 Å². The fourth-order valence-corrected chi connectivity index (χ4v) is 9.53. The van der Waals surface area contributed by atoms with Crippen LogP contribution in [-0.4, -0.2) is 92.9 Å². The van der Waals surface area contributed by atoms with Crippen molar-refractivity contribution in [3.8, 4) is 0 Å². The molecule has 1 aliphatic heterocycles. The predicted octanol–water partition coefficient (Wildman–Crippen LogP) is 1.94. The van der Waals surface area contributed by atoms with Crippen LogP contribution in [0.15, 0.2) is 23.8 Å². The number of fused-ring (bicyclic) bond motifs is 5. The summed E-state index contributed by atoms with van der Waals surface area (Å²) in [6, 6.07) is 0. The zero-order chi connectivity index (χ0) is 30.7.